The molecule has 1 heteroatoms. The van der Waals surface area contributed by atoms with Crippen molar-refractivity contribution in [3.8, 4) is 0 Å². The predicted octanol–water partition coefficient (Wildman–Crippen LogP) is 3.76. The molecule has 0 saturated carbocycles. The molecule has 0 bridgehead atoms. The fraction of sp³-hybridized carbons (Fsp3) is 0.600. The Balaban J connectivity index is 1.91. The van der Waals surface area contributed by atoms with Crippen LogP contribution in [0, 0.1) is 6.92 Å². The summed E-state index contributed by atoms with van der Waals surface area (Å²) in [5, 5.41) is 0. The van der Waals surface area contributed by atoms with Crippen molar-refractivity contribution >= 4 is 0 Å². The highest BCUT2D eigenvalue weighted by Gasteiger charge is 2.08. The Bertz CT molecular complexity index is 311. The van der Waals surface area contributed by atoms with E-state index in [0.717, 1.165) is 6.54 Å². The smallest absolute Gasteiger partial charge is 0.0233 e. The third-order valence-electron chi connectivity index (χ3n) is 3.44. The van der Waals surface area contributed by atoms with E-state index in [9.17, 15) is 0 Å². The third-order valence-corrected chi connectivity index (χ3v) is 3.44. The van der Waals surface area contributed by atoms with Crippen LogP contribution in [0.2, 0.25) is 0 Å². The van der Waals surface area contributed by atoms with Gasteiger partial charge in [0.2, 0.25) is 0 Å². The fourth-order valence-electron chi connectivity index (χ4n) is 2.54. The van der Waals surface area contributed by atoms with E-state index in [2.05, 4.69) is 36.1 Å². The third kappa shape index (κ3) is 3.64. The molecule has 0 radical (unpaired) electrons. The number of hydrogen-bond acceptors (Lipinski definition) is 1. The molecule has 0 amide bonds. The Morgan fingerprint density at radius 2 is 1.69 bits per heavy atom. The van der Waals surface area contributed by atoms with E-state index in [0.29, 0.717) is 0 Å². The molecule has 1 aromatic rings. The van der Waals surface area contributed by atoms with Crippen LogP contribution >= 0.6 is 0 Å². The quantitative estimate of drug-likeness (QED) is 0.729. The van der Waals surface area contributed by atoms with Gasteiger partial charge in [-0.05, 0) is 38.4 Å². The van der Waals surface area contributed by atoms with Crippen LogP contribution in [0.5, 0.6) is 0 Å². The lowest BCUT2D eigenvalue weighted by atomic mass is 10.1. The first-order valence-electron chi connectivity index (χ1n) is 6.62. The molecular formula is C15H23N. The number of likely N-dealkylation sites (tertiary alicyclic amines) is 1. The molecule has 1 aliphatic rings. The summed E-state index contributed by atoms with van der Waals surface area (Å²) in [4.78, 5) is 2.62. The van der Waals surface area contributed by atoms with Gasteiger partial charge in [0.05, 0.1) is 0 Å². The fourth-order valence-corrected chi connectivity index (χ4v) is 2.54. The van der Waals surface area contributed by atoms with Gasteiger partial charge in [-0.1, -0.05) is 49.1 Å². The highest BCUT2D eigenvalue weighted by Crippen LogP contribution is 2.14. The Morgan fingerprint density at radius 3 is 2.38 bits per heavy atom. The normalized spacial score (nSPS) is 19.1. The van der Waals surface area contributed by atoms with Crippen molar-refractivity contribution < 1.29 is 0 Å². The summed E-state index contributed by atoms with van der Waals surface area (Å²) in [6, 6.07) is 8.93. The van der Waals surface area contributed by atoms with Gasteiger partial charge in [-0.15, -0.1) is 0 Å². The summed E-state index contributed by atoms with van der Waals surface area (Å²) in [7, 11) is 0. The zero-order valence-corrected chi connectivity index (χ0v) is 10.4. The number of aryl methyl sites for hydroxylation is 1. The molecule has 0 N–H and O–H groups in total. The van der Waals surface area contributed by atoms with E-state index in [1.807, 2.05) is 0 Å². The zero-order valence-electron chi connectivity index (χ0n) is 10.4. The van der Waals surface area contributed by atoms with Gasteiger partial charge >= 0.3 is 0 Å². The maximum absolute atomic E-state index is 2.62. The lowest BCUT2D eigenvalue weighted by molar-refractivity contribution is 0.240. The van der Waals surface area contributed by atoms with E-state index in [1.54, 1.807) is 0 Å². The number of nitrogens with zero attached hydrogens (tertiary/aromatic N) is 1. The van der Waals surface area contributed by atoms with Gasteiger partial charge in [0.1, 0.15) is 0 Å². The largest absolute Gasteiger partial charge is 0.299 e. The van der Waals surface area contributed by atoms with Crippen molar-refractivity contribution in [1.29, 1.82) is 0 Å². The molecule has 2 rings (SSSR count). The minimum atomic E-state index is 1.14. The molecule has 1 aliphatic heterocycles. The minimum absolute atomic E-state index is 1.14. The molecule has 1 saturated heterocycles. The number of benzene rings is 1. The first kappa shape index (κ1) is 11.7. The van der Waals surface area contributed by atoms with E-state index < -0.39 is 0 Å². The second-order valence-electron chi connectivity index (χ2n) is 5.03. The van der Waals surface area contributed by atoms with E-state index >= 15 is 0 Å². The average molecular weight is 217 g/mol. The molecule has 88 valence electrons. The second kappa shape index (κ2) is 6.05. The highest BCUT2D eigenvalue weighted by atomic mass is 15.1. The van der Waals surface area contributed by atoms with Crippen LogP contribution in [0.4, 0.5) is 0 Å². The lowest BCUT2D eigenvalue weighted by Gasteiger charge is -2.24. The number of hydrogen-bond donors (Lipinski definition) is 0. The second-order valence-corrected chi connectivity index (χ2v) is 5.03. The van der Waals surface area contributed by atoms with Gasteiger partial charge in [0.25, 0.3) is 0 Å². The predicted molar refractivity (Wildman–Crippen MR) is 69.5 cm³/mol. The van der Waals surface area contributed by atoms with Crippen LogP contribution in [0.25, 0.3) is 0 Å². The average Bonchev–Trinajstić information content (AvgIpc) is 2.22. The first-order chi connectivity index (χ1) is 7.84. The highest BCUT2D eigenvalue weighted by molar-refractivity contribution is 5.22. The molecule has 0 unspecified atom stereocenters. The lowest BCUT2D eigenvalue weighted by Crippen LogP contribution is -2.26. The molecule has 0 spiro atoms. The molecule has 1 aromatic carbocycles. The Labute approximate surface area is 99.5 Å². The molecule has 16 heavy (non-hydrogen) atoms. The summed E-state index contributed by atoms with van der Waals surface area (Å²) in [5.41, 5.74) is 2.85. The van der Waals surface area contributed by atoms with Crippen molar-refractivity contribution in [3.05, 3.63) is 35.4 Å². The standard InChI is InChI=1S/C15H23N/c1-14-8-7-9-15(12-14)13-16-10-5-3-2-4-6-11-16/h7-9,12H,2-6,10-11,13H2,1H3. The Morgan fingerprint density at radius 1 is 1.00 bits per heavy atom. The summed E-state index contributed by atoms with van der Waals surface area (Å²) < 4.78 is 0. The van der Waals surface area contributed by atoms with Crippen LogP contribution in [0.15, 0.2) is 24.3 Å². The molecule has 0 aliphatic carbocycles. The van der Waals surface area contributed by atoms with Crippen molar-refractivity contribution in [3.63, 3.8) is 0 Å². The van der Waals surface area contributed by atoms with Gasteiger partial charge < -0.3 is 0 Å². The van der Waals surface area contributed by atoms with Gasteiger partial charge in [-0.3, -0.25) is 4.90 Å². The van der Waals surface area contributed by atoms with E-state index in [4.69, 9.17) is 0 Å². The van der Waals surface area contributed by atoms with Crippen molar-refractivity contribution in [2.24, 2.45) is 0 Å². The Kier molecular flexibility index (Phi) is 4.41. The van der Waals surface area contributed by atoms with Crippen molar-refractivity contribution in [2.75, 3.05) is 13.1 Å². The Hall–Kier alpha value is -0.820. The van der Waals surface area contributed by atoms with E-state index in [1.165, 1.54) is 56.3 Å². The summed E-state index contributed by atoms with van der Waals surface area (Å²) in [6.07, 6.45) is 7.05. The van der Waals surface area contributed by atoms with Crippen molar-refractivity contribution in [1.82, 2.24) is 4.90 Å². The first-order valence-corrected chi connectivity index (χ1v) is 6.62. The van der Waals surface area contributed by atoms with Crippen LogP contribution in [0.1, 0.15) is 43.2 Å². The van der Waals surface area contributed by atoms with Gasteiger partial charge in [-0.2, -0.15) is 0 Å². The van der Waals surface area contributed by atoms with Crippen LogP contribution in [-0.4, -0.2) is 18.0 Å². The van der Waals surface area contributed by atoms with Gasteiger partial charge in [0, 0.05) is 6.54 Å². The maximum atomic E-state index is 2.62. The number of rotatable bonds is 2. The molecule has 1 fully saturated rings. The van der Waals surface area contributed by atoms with Crippen LogP contribution in [0.3, 0.4) is 0 Å². The molecular weight excluding hydrogens is 194 g/mol. The maximum Gasteiger partial charge on any atom is 0.0233 e. The molecule has 1 heterocycles. The van der Waals surface area contributed by atoms with Gasteiger partial charge in [-0.25, -0.2) is 0 Å². The van der Waals surface area contributed by atoms with Crippen molar-refractivity contribution in [2.45, 2.75) is 45.6 Å². The molecule has 1 nitrogen and oxygen atoms in total. The van der Waals surface area contributed by atoms with Crippen LogP contribution < -0.4 is 0 Å². The SMILES string of the molecule is Cc1cccc(CN2CCCCCCC2)c1. The zero-order chi connectivity index (χ0) is 11.2. The monoisotopic (exact) mass is 217 g/mol. The summed E-state index contributed by atoms with van der Waals surface area (Å²) in [5.74, 6) is 0. The topological polar surface area (TPSA) is 3.24 Å². The van der Waals surface area contributed by atoms with E-state index in [-0.39, 0.29) is 0 Å². The molecule has 0 aromatic heterocycles. The minimum Gasteiger partial charge on any atom is -0.299 e. The summed E-state index contributed by atoms with van der Waals surface area (Å²) >= 11 is 0. The van der Waals surface area contributed by atoms with Crippen LogP contribution in [-0.2, 0) is 6.54 Å². The molecule has 0 atom stereocenters. The van der Waals surface area contributed by atoms with Gasteiger partial charge in [0.15, 0.2) is 0 Å². The summed E-state index contributed by atoms with van der Waals surface area (Å²) in [6.45, 7) is 5.89.